The zero-order chi connectivity index (χ0) is 25.0. The summed E-state index contributed by atoms with van der Waals surface area (Å²) in [4.78, 5) is 50.1. The van der Waals surface area contributed by atoms with Gasteiger partial charge in [0, 0.05) is 0 Å². The van der Waals surface area contributed by atoms with Crippen LogP contribution in [0.3, 0.4) is 0 Å². The molecule has 0 radical (unpaired) electrons. The molecule has 9 nitrogen and oxygen atoms in total. The highest BCUT2D eigenvalue weighted by atomic mass is 32.2. The summed E-state index contributed by atoms with van der Waals surface area (Å²) in [7, 11) is 0. The third kappa shape index (κ3) is 9.77. The molecule has 0 heterocycles. The van der Waals surface area contributed by atoms with Crippen LogP contribution in [0.4, 0.5) is 0 Å². The Bertz CT molecular complexity index is 631. The van der Waals surface area contributed by atoms with Crippen LogP contribution >= 0.6 is 11.8 Å². The Labute approximate surface area is 196 Å². The number of thioether (sulfide) groups is 1. The van der Waals surface area contributed by atoms with Crippen molar-refractivity contribution in [1.29, 1.82) is 0 Å². The van der Waals surface area contributed by atoms with E-state index in [1.807, 2.05) is 34.0 Å². The first-order chi connectivity index (χ1) is 14.9. The van der Waals surface area contributed by atoms with Crippen molar-refractivity contribution in [1.82, 2.24) is 16.0 Å². The highest BCUT2D eigenvalue weighted by Crippen LogP contribution is 2.14. The molecule has 0 fully saturated rings. The average Bonchev–Trinajstić information content (AvgIpc) is 2.75. The number of aliphatic carboxylic acids is 1. The van der Waals surface area contributed by atoms with Crippen LogP contribution in [0.5, 0.6) is 0 Å². The fourth-order valence-corrected chi connectivity index (χ4v) is 3.53. The standard InChI is InChI=1S/C22H42N4O5S/c1-8-13(5)17(25-19(27)15(23)10-11-32-7)21(29)26-18(14(6)9-2)20(28)24-16(12(3)4)22(30)31/h12-18H,8-11,23H2,1-7H3,(H,24,28)(H,25,27)(H,26,29)(H,30,31). The van der Waals surface area contributed by atoms with Crippen LogP contribution in [0.25, 0.3) is 0 Å². The van der Waals surface area contributed by atoms with Crippen molar-refractivity contribution in [3.05, 3.63) is 0 Å². The molecule has 6 atom stereocenters. The summed E-state index contributed by atoms with van der Waals surface area (Å²) in [6, 6.07) is -3.57. The van der Waals surface area contributed by atoms with Gasteiger partial charge in [-0.15, -0.1) is 0 Å². The molecule has 0 bridgehead atoms. The molecule has 0 rings (SSSR count). The molecule has 0 aliphatic carbocycles. The third-order valence-corrected chi connectivity index (χ3v) is 6.43. The zero-order valence-electron chi connectivity index (χ0n) is 20.4. The van der Waals surface area contributed by atoms with Gasteiger partial charge in [-0.2, -0.15) is 11.8 Å². The van der Waals surface area contributed by atoms with E-state index < -0.39 is 47.9 Å². The van der Waals surface area contributed by atoms with Gasteiger partial charge in [-0.05, 0) is 36.2 Å². The van der Waals surface area contributed by atoms with Crippen LogP contribution in [0.15, 0.2) is 0 Å². The fourth-order valence-electron chi connectivity index (χ4n) is 3.04. The van der Waals surface area contributed by atoms with Crippen LogP contribution in [-0.2, 0) is 19.2 Å². The molecule has 3 amide bonds. The van der Waals surface area contributed by atoms with E-state index in [1.165, 1.54) is 0 Å². The Morgan fingerprint density at radius 2 is 1.22 bits per heavy atom. The van der Waals surface area contributed by atoms with E-state index in [4.69, 9.17) is 5.73 Å². The van der Waals surface area contributed by atoms with E-state index in [2.05, 4.69) is 16.0 Å². The zero-order valence-corrected chi connectivity index (χ0v) is 21.3. The quantitative estimate of drug-likeness (QED) is 0.240. The first kappa shape index (κ1) is 30.2. The van der Waals surface area contributed by atoms with Crippen molar-refractivity contribution in [3.63, 3.8) is 0 Å². The molecular weight excluding hydrogens is 432 g/mol. The first-order valence-corrected chi connectivity index (χ1v) is 12.7. The van der Waals surface area contributed by atoms with E-state index >= 15 is 0 Å². The molecule has 32 heavy (non-hydrogen) atoms. The number of carbonyl (C=O) groups excluding carboxylic acids is 3. The molecular formula is C22H42N4O5S. The van der Waals surface area contributed by atoms with Gasteiger partial charge in [0.05, 0.1) is 6.04 Å². The smallest absolute Gasteiger partial charge is 0.326 e. The number of rotatable bonds is 15. The van der Waals surface area contributed by atoms with Crippen LogP contribution in [0.1, 0.15) is 60.8 Å². The van der Waals surface area contributed by atoms with Gasteiger partial charge in [0.15, 0.2) is 0 Å². The lowest BCUT2D eigenvalue weighted by molar-refractivity contribution is -0.144. The van der Waals surface area contributed by atoms with Crippen LogP contribution in [0, 0.1) is 17.8 Å². The summed E-state index contributed by atoms with van der Waals surface area (Å²) < 4.78 is 0. The first-order valence-electron chi connectivity index (χ1n) is 11.3. The highest BCUT2D eigenvalue weighted by Gasteiger charge is 2.34. The van der Waals surface area contributed by atoms with Crippen molar-refractivity contribution in [2.24, 2.45) is 23.5 Å². The fraction of sp³-hybridized carbons (Fsp3) is 0.818. The molecule has 0 aliphatic heterocycles. The monoisotopic (exact) mass is 474 g/mol. The molecule has 0 saturated heterocycles. The molecule has 6 unspecified atom stereocenters. The Balaban J connectivity index is 5.55. The second kappa shape index (κ2) is 15.1. The maximum absolute atomic E-state index is 13.1. The predicted octanol–water partition coefficient (Wildman–Crippen LogP) is 1.35. The summed E-state index contributed by atoms with van der Waals surface area (Å²) in [5.41, 5.74) is 5.95. The summed E-state index contributed by atoms with van der Waals surface area (Å²) in [6.07, 6.45) is 3.64. The number of carboxylic acids is 1. The number of nitrogens with one attached hydrogen (secondary N) is 3. The number of carboxylic acid groups (broad SMARTS) is 1. The lowest BCUT2D eigenvalue weighted by Crippen LogP contribution is -2.60. The van der Waals surface area contributed by atoms with Gasteiger partial charge in [-0.1, -0.05) is 54.4 Å². The van der Waals surface area contributed by atoms with Crippen LogP contribution in [-0.4, -0.2) is 65.0 Å². The molecule has 0 aromatic rings. The minimum Gasteiger partial charge on any atom is -0.480 e. The van der Waals surface area contributed by atoms with E-state index in [1.54, 1.807) is 25.6 Å². The molecule has 6 N–H and O–H groups in total. The minimum absolute atomic E-state index is 0.185. The molecule has 186 valence electrons. The number of nitrogens with two attached hydrogens (primary N) is 1. The predicted molar refractivity (Wildman–Crippen MR) is 128 cm³/mol. The highest BCUT2D eigenvalue weighted by molar-refractivity contribution is 7.98. The molecule has 0 aliphatic rings. The van der Waals surface area contributed by atoms with Gasteiger partial charge in [-0.3, -0.25) is 14.4 Å². The van der Waals surface area contributed by atoms with Gasteiger partial charge in [-0.25, -0.2) is 4.79 Å². The average molecular weight is 475 g/mol. The summed E-state index contributed by atoms with van der Waals surface area (Å²) >= 11 is 1.58. The van der Waals surface area contributed by atoms with Crippen LogP contribution in [0.2, 0.25) is 0 Å². The lowest BCUT2D eigenvalue weighted by Gasteiger charge is -2.30. The number of amides is 3. The second-order valence-electron chi connectivity index (χ2n) is 8.70. The van der Waals surface area contributed by atoms with E-state index in [0.717, 1.165) is 5.75 Å². The van der Waals surface area contributed by atoms with Crippen molar-refractivity contribution >= 4 is 35.5 Å². The minimum atomic E-state index is -1.13. The largest absolute Gasteiger partial charge is 0.480 e. The van der Waals surface area contributed by atoms with Gasteiger partial charge >= 0.3 is 5.97 Å². The van der Waals surface area contributed by atoms with Crippen molar-refractivity contribution in [3.8, 4) is 0 Å². The Morgan fingerprint density at radius 1 is 0.812 bits per heavy atom. The molecule has 10 heteroatoms. The van der Waals surface area contributed by atoms with E-state index in [0.29, 0.717) is 19.3 Å². The normalized spacial score (nSPS) is 16.9. The van der Waals surface area contributed by atoms with Gasteiger partial charge in [0.1, 0.15) is 18.1 Å². The number of carbonyl (C=O) groups is 4. The second-order valence-corrected chi connectivity index (χ2v) is 9.69. The van der Waals surface area contributed by atoms with Gasteiger partial charge < -0.3 is 26.8 Å². The molecule has 0 aromatic heterocycles. The summed E-state index contributed by atoms with van der Waals surface area (Å²) in [5.74, 6) is -2.60. The number of hydrogen-bond donors (Lipinski definition) is 5. The summed E-state index contributed by atoms with van der Waals surface area (Å²) in [5, 5.41) is 17.4. The maximum atomic E-state index is 13.1. The molecule has 0 saturated carbocycles. The van der Waals surface area contributed by atoms with Crippen molar-refractivity contribution in [2.75, 3.05) is 12.0 Å². The van der Waals surface area contributed by atoms with Gasteiger partial charge in [0.2, 0.25) is 17.7 Å². The Hall–Kier alpha value is -1.81. The molecule has 0 spiro atoms. The van der Waals surface area contributed by atoms with Crippen molar-refractivity contribution < 1.29 is 24.3 Å². The SMILES string of the molecule is CCC(C)C(NC(=O)C(N)CCSC)C(=O)NC(C(=O)NC(C(=O)O)C(C)C)C(C)CC. The number of hydrogen-bond acceptors (Lipinski definition) is 6. The van der Waals surface area contributed by atoms with E-state index in [-0.39, 0.29) is 17.8 Å². The van der Waals surface area contributed by atoms with Crippen molar-refractivity contribution in [2.45, 2.75) is 85.0 Å². The third-order valence-electron chi connectivity index (χ3n) is 5.79. The van der Waals surface area contributed by atoms with E-state index in [9.17, 15) is 24.3 Å². The Kier molecular flexibility index (Phi) is 14.2. The lowest BCUT2D eigenvalue weighted by atomic mass is 9.94. The van der Waals surface area contributed by atoms with Gasteiger partial charge in [0.25, 0.3) is 0 Å². The summed E-state index contributed by atoms with van der Waals surface area (Å²) in [6.45, 7) is 10.8. The maximum Gasteiger partial charge on any atom is 0.326 e. The topological polar surface area (TPSA) is 151 Å². The molecule has 0 aromatic carbocycles. The Morgan fingerprint density at radius 3 is 1.56 bits per heavy atom. The van der Waals surface area contributed by atoms with Crippen LogP contribution < -0.4 is 21.7 Å².